The molecule has 0 heterocycles. The van der Waals surface area contributed by atoms with Crippen LogP contribution in [0.1, 0.15) is 23.2 Å². The number of carbonyl (C=O) groups excluding carboxylic acids is 2. The van der Waals surface area contributed by atoms with Crippen LogP contribution in [-0.2, 0) is 9.59 Å². The molecule has 0 unspecified atom stereocenters. The predicted octanol–water partition coefficient (Wildman–Crippen LogP) is 2.45. The molecule has 9 nitrogen and oxygen atoms in total. The maximum atomic E-state index is 13.0. The normalized spacial score (nSPS) is 11.5. The molecule has 3 rings (SSSR count). The summed E-state index contributed by atoms with van der Waals surface area (Å²) in [5, 5.41) is 20.4. The van der Waals surface area contributed by atoms with Crippen molar-refractivity contribution in [3.63, 3.8) is 0 Å². The molecule has 3 N–H and O–H groups in total. The summed E-state index contributed by atoms with van der Waals surface area (Å²) in [7, 11) is 7.12. The Morgan fingerprint density at radius 2 is 1.46 bits per heavy atom. The molecule has 0 fully saturated rings. The molecule has 3 aromatic rings. The number of carboxylic acids is 1. The third-order valence-electron chi connectivity index (χ3n) is 5.71. The molecule has 37 heavy (non-hydrogen) atoms. The van der Waals surface area contributed by atoms with Gasteiger partial charge in [0.05, 0.1) is 0 Å². The first-order chi connectivity index (χ1) is 17.9. The van der Waals surface area contributed by atoms with Crippen molar-refractivity contribution in [1.29, 1.82) is 0 Å². The molecule has 1 radical (unpaired) electrons. The van der Waals surface area contributed by atoms with Gasteiger partial charge in [-0.1, -0.05) is 5.11 Å². The summed E-state index contributed by atoms with van der Waals surface area (Å²) in [6.45, 7) is -2.35. The van der Waals surface area contributed by atoms with Crippen molar-refractivity contribution in [2.24, 2.45) is 5.11 Å². The summed E-state index contributed by atoms with van der Waals surface area (Å²) in [6.07, 6.45) is -0.395. The molecule has 0 aromatic heterocycles. The van der Waals surface area contributed by atoms with E-state index < -0.39 is 30.6 Å². The van der Waals surface area contributed by atoms with Crippen LogP contribution in [0.25, 0.3) is 10.4 Å². The van der Waals surface area contributed by atoms with Gasteiger partial charge in [-0.25, -0.2) is 0 Å². The minimum absolute atomic E-state index is 0.0378. The van der Waals surface area contributed by atoms with Crippen molar-refractivity contribution in [3.8, 4) is 0 Å². The van der Waals surface area contributed by atoms with Gasteiger partial charge in [0.2, 0.25) is 0 Å². The third-order valence-corrected chi connectivity index (χ3v) is 9.04. The molecule has 0 aliphatic heterocycles. The van der Waals surface area contributed by atoms with Gasteiger partial charge in [0.1, 0.15) is 0 Å². The van der Waals surface area contributed by atoms with E-state index in [-0.39, 0.29) is 25.9 Å². The van der Waals surface area contributed by atoms with Gasteiger partial charge in [0.15, 0.2) is 0 Å². The van der Waals surface area contributed by atoms with Crippen LogP contribution in [0.15, 0.2) is 90.0 Å². The van der Waals surface area contributed by atoms with E-state index in [1.165, 1.54) is 0 Å². The number of carboxylic acid groups (broad SMARTS) is 1. The Labute approximate surface area is 215 Å². The Bertz CT molecular complexity index is 1290. The van der Waals surface area contributed by atoms with Gasteiger partial charge in [-0.05, 0) is 5.53 Å². The SMILES string of the molecule is [B]=P(c1ccccc1)(c1ccccc1)c1ccc(C(=O)N[C@@H](CCC(=O)O)C(=O)NCCN=[N+]=[N-])cc1. The summed E-state index contributed by atoms with van der Waals surface area (Å²) >= 11 is 0. The Morgan fingerprint density at radius 1 is 0.919 bits per heavy atom. The van der Waals surface area contributed by atoms with Crippen LogP contribution in [0.4, 0.5) is 0 Å². The van der Waals surface area contributed by atoms with E-state index in [1.54, 1.807) is 12.1 Å². The number of hydrogen-bond donors (Lipinski definition) is 3. The molecular formula is C26H26BN5O4P. The quantitative estimate of drug-likeness (QED) is 0.0852. The zero-order valence-electron chi connectivity index (χ0n) is 20.0. The van der Waals surface area contributed by atoms with Gasteiger partial charge in [-0.3, -0.25) is 0 Å². The van der Waals surface area contributed by atoms with Crippen molar-refractivity contribution in [2.75, 3.05) is 13.1 Å². The first-order valence-corrected chi connectivity index (χ1v) is 13.4. The summed E-state index contributed by atoms with van der Waals surface area (Å²) in [5.74, 6) is -2.16. The molecule has 0 aliphatic carbocycles. The van der Waals surface area contributed by atoms with Gasteiger partial charge < -0.3 is 0 Å². The number of carbonyl (C=O) groups is 3. The van der Waals surface area contributed by atoms with E-state index in [4.69, 9.17) is 17.8 Å². The Kier molecular flexibility index (Phi) is 9.84. The standard InChI is InChI=1S/C26H26BN5O4P/c27-37(20-7-3-1-4-8-20,21-9-5-2-6-10-21)22-13-11-19(12-14-22)25(35)31-23(15-16-24(33)34)26(36)29-17-18-30-32-28/h1-14,23H,15-18H2,(H,29,36)(H,31,35)(H,33,34)/t23-/m0/s1. The molecule has 187 valence electrons. The first-order valence-electron chi connectivity index (χ1n) is 11.6. The molecule has 3 aromatic carbocycles. The monoisotopic (exact) mass is 514 g/mol. The van der Waals surface area contributed by atoms with E-state index in [9.17, 15) is 14.4 Å². The number of azide groups is 1. The van der Waals surface area contributed by atoms with E-state index in [2.05, 4.69) is 20.7 Å². The van der Waals surface area contributed by atoms with E-state index >= 15 is 0 Å². The number of benzene rings is 3. The van der Waals surface area contributed by atoms with Gasteiger partial charge in [0.25, 0.3) is 0 Å². The van der Waals surface area contributed by atoms with Crippen molar-refractivity contribution in [1.82, 2.24) is 10.6 Å². The number of nitrogens with zero attached hydrogens (tertiary/aromatic N) is 3. The second-order valence-corrected chi connectivity index (χ2v) is 11.1. The topological polar surface area (TPSA) is 144 Å². The second-order valence-electron chi connectivity index (χ2n) is 8.14. The van der Waals surface area contributed by atoms with E-state index in [1.807, 2.05) is 72.8 Å². The summed E-state index contributed by atoms with van der Waals surface area (Å²) in [6, 6.07) is 25.5. The molecular weight excluding hydrogens is 488 g/mol. The molecule has 0 bridgehead atoms. The molecule has 2 amide bonds. The maximum absolute atomic E-state index is 13.0. The zero-order valence-corrected chi connectivity index (χ0v) is 20.9. The average molecular weight is 514 g/mol. The molecule has 0 saturated carbocycles. The Balaban J connectivity index is 1.83. The van der Waals surface area contributed by atoms with Crippen molar-refractivity contribution < 1.29 is 19.5 Å². The predicted molar refractivity (Wildman–Crippen MR) is 146 cm³/mol. The number of aliphatic carboxylic acids is 1. The Hall–Kier alpha value is -4.13. The Morgan fingerprint density at radius 3 is 1.97 bits per heavy atom. The summed E-state index contributed by atoms with van der Waals surface area (Å²) in [5.41, 5.74) is 8.65. The van der Waals surface area contributed by atoms with Crippen molar-refractivity contribution in [2.45, 2.75) is 18.9 Å². The molecule has 0 saturated heterocycles. The van der Waals surface area contributed by atoms with Crippen LogP contribution in [0.3, 0.4) is 0 Å². The van der Waals surface area contributed by atoms with Crippen LogP contribution in [0.5, 0.6) is 0 Å². The number of hydrogen-bond acceptors (Lipinski definition) is 4. The molecule has 0 spiro atoms. The van der Waals surface area contributed by atoms with E-state index in [0.717, 1.165) is 15.9 Å². The van der Waals surface area contributed by atoms with Crippen molar-refractivity contribution >= 4 is 47.6 Å². The van der Waals surface area contributed by atoms with Crippen molar-refractivity contribution in [3.05, 3.63) is 101 Å². The fourth-order valence-electron chi connectivity index (χ4n) is 3.80. The summed E-state index contributed by atoms with van der Waals surface area (Å²) in [4.78, 5) is 39.1. The van der Waals surface area contributed by atoms with Gasteiger partial charge in [0, 0.05) is 4.91 Å². The molecule has 0 aliphatic rings. The van der Waals surface area contributed by atoms with Crippen LogP contribution in [0.2, 0.25) is 0 Å². The van der Waals surface area contributed by atoms with Gasteiger partial charge >= 0.3 is 200 Å². The third kappa shape index (κ3) is 7.20. The van der Waals surface area contributed by atoms with Crippen LogP contribution >= 0.6 is 6.75 Å². The van der Waals surface area contributed by atoms with E-state index in [0.29, 0.717) is 5.56 Å². The first kappa shape index (κ1) is 27.5. The van der Waals surface area contributed by atoms with Crippen LogP contribution < -0.4 is 26.5 Å². The average Bonchev–Trinajstić information content (AvgIpc) is 2.93. The fraction of sp³-hybridized carbons (Fsp3) is 0.192. The zero-order chi connectivity index (χ0) is 26.7. The fourth-order valence-corrected chi connectivity index (χ4v) is 6.60. The summed E-state index contributed by atoms with van der Waals surface area (Å²) < 4.78 is 0. The molecule has 1 atom stereocenters. The van der Waals surface area contributed by atoms with Gasteiger partial charge in [-0.2, -0.15) is 0 Å². The van der Waals surface area contributed by atoms with Crippen LogP contribution in [0, 0.1) is 0 Å². The number of nitrogens with one attached hydrogen (secondary N) is 2. The number of amides is 2. The molecule has 11 heteroatoms. The minimum atomic E-state index is -2.46. The van der Waals surface area contributed by atoms with Gasteiger partial charge in [-0.15, -0.1) is 0 Å². The van der Waals surface area contributed by atoms with Crippen LogP contribution in [-0.4, -0.2) is 49.2 Å². The second kappa shape index (κ2) is 13.3. The number of rotatable bonds is 12.